The first-order valence-electron chi connectivity index (χ1n) is 11.1. The summed E-state index contributed by atoms with van der Waals surface area (Å²) in [6.45, 7) is 5.79. The Labute approximate surface area is 189 Å². The number of nitrogens with zero attached hydrogens (tertiary/aromatic N) is 2. The number of aromatic nitrogens is 1. The van der Waals surface area contributed by atoms with Gasteiger partial charge >= 0.3 is 0 Å². The van der Waals surface area contributed by atoms with E-state index in [2.05, 4.69) is 16.4 Å². The molecule has 2 amide bonds. The maximum absolute atomic E-state index is 13.1. The number of benzene rings is 2. The molecule has 0 saturated carbocycles. The van der Waals surface area contributed by atoms with Gasteiger partial charge in [0.05, 0.1) is 5.56 Å². The number of nitrogens with one attached hydrogen (secondary N) is 1. The molecule has 164 valence electrons. The first kappa shape index (κ1) is 21.8. The highest BCUT2D eigenvalue weighted by molar-refractivity contribution is 5.95. The van der Waals surface area contributed by atoms with E-state index < -0.39 is 0 Å². The quantitative estimate of drug-likeness (QED) is 0.651. The molecule has 0 aliphatic carbocycles. The highest BCUT2D eigenvalue weighted by Crippen LogP contribution is 2.23. The second-order valence-corrected chi connectivity index (χ2v) is 8.60. The number of amides is 2. The van der Waals surface area contributed by atoms with Crippen LogP contribution in [0.4, 0.5) is 0 Å². The van der Waals surface area contributed by atoms with Gasteiger partial charge in [0.2, 0.25) is 5.91 Å². The van der Waals surface area contributed by atoms with Crippen LogP contribution in [-0.2, 0) is 11.3 Å². The van der Waals surface area contributed by atoms with Crippen molar-refractivity contribution < 1.29 is 9.59 Å². The van der Waals surface area contributed by atoms with E-state index in [-0.39, 0.29) is 17.7 Å². The molecular weight excluding hydrogens is 398 g/mol. The molecule has 1 aliphatic heterocycles. The van der Waals surface area contributed by atoms with Crippen molar-refractivity contribution in [2.75, 3.05) is 13.1 Å². The smallest absolute Gasteiger partial charge is 0.255 e. The van der Waals surface area contributed by atoms with Gasteiger partial charge in [0.25, 0.3) is 5.91 Å². The van der Waals surface area contributed by atoms with E-state index in [0.717, 1.165) is 16.7 Å². The number of piperidine rings is 1. The summed E-state index contributed by atoms with van der Waals surface area (Å²) in [6.07, 6.45) is 4.77. The number of hydrogen-bond donors (Lipinski definition) is 1. The van der Waals surface area contributed by atoms with Gasteiger partial charge in [0.1, 0.15) is 0 Å². The summed E-state index contributed by atoms with van der Waals surface area (Å²) in [5.41, 5.74) is 6.04. The van der Waals surface area contributed by atoms with Crippen LogP contribution < -0.4 is 5.32 Å². The zero-order valence-corrected chi connectivity index (χ0v) is 18.7. The largest absolute Gasteiger partial charge is 0.352 e. The van der Waals surface area contributed by atoms with E-state index in [1.165, 1.54) is 11.1 Å². The van der Waals surface area contributed by atoms with Crippen LogP contribution in [-0.4, -0.2) is 34.8 Å². The van der Waals surface area contributed by atoms with Gasteiger partial charge in [-0.05, 0) is 43.9 Å². The Hall–Kier alpha value is -3.47. The Morgan fingerprint density at radius 1 is 0.938 bits per heavy atom. The van der Waals surface area contributed by atoms with Crippen LogP contribution in [0.2, 0.25) is 0 Å². The summed E-state index contributed by atoms with van der Waals surface area (Å²) < 4.78 is 0. The van der Waals surface area contributed by atoms with Crippen LogP contribution in [0, 0.1) is 19.8 Å². The van der Waals surface area contributed by atoms with Gasteiger partial charge in [-0.15, -0.1) is 0 Å². The fraction of sp³-hybridized carbons (Fsp3) is 0.296. The van der Waals surface area contributed by atoms with Gasteiger partial charge in [-0.25, -0.2) is 0 Å². The number of pyridine rings is 1. The van der Waals surface area contributed by atoms with Gasteiger partial charge in [-0.3, -0.25) is 14.6 Å². The first-order valence-corrected chi connectivity index (χ1v) is 11.1. The minimum absolute atomic E-state index is 0.0227. The minimum atomic E-state index is -0.0544. The van der Waals surface area contributed by atoms with Crippen LogP contribution in [0.25, 0.3) is 11.1 Å². The van der Waals surface area contributed by atoms with Crippen molar-refractivity contribution in [2.45, 2.75) is 33.2 Å². The third-order valence-corrected chi connectivity index (χ3v) is 6.08. The fourth-order valence-electron chi connectivity index (χ4n) is 4.11. The molecule has 0 bridgehead atoms. The van der Waals surface area contributed by atoms with Gasteiger partial charge in [0.15, 0.2) is 0 Å². The van der Waals surface area contributed by atoms with Crippen molar-refractivity contribution in [3.05, 3.63) is 89.2 Å². The monoisotopic (exact) mass is 427 g/mol. The second kappa shape index (κ2) is 9.77. The van der Waals surface area contributed by atoms with Crippen molar-refractivity contribution >= 4 is 11.8 Å². The number of carbonyl (C=O) groups excluding carboxylic acids is 2. The lowest BCUT2D eigenvalue weighted by molar-refractivity contribution is -0.126. The van der Waals surface area contributed by atoms with Crippen molar-refractivity contribution in [2.24, 2.45) is 5.92 Å². The molecule has 0 radical (unpaired) electrons. The molecule has 5 heteroatoms. The topological polar surface area (TPSA) is 62.3 Å². The summed E-state index contributed by atoms with van der Waals surface area (Å²) in [7, 11) is 0. The van der Waals surface area contributed by atoms with Crippen molar-refractivity contribution in [3.8, 4) is 11.1 Å². The number of hydrogen-bond acceptors (Lipinski definition) is 3. The van der Waals surface area contributed by atoms with Gasteiger partial charge in [-0.2, -0.15) is 0 Å². The van der Waals surface area contributed by atoms with Crippen molar-refractivity contribution in [1.29, 1.82) is 0 Å². The Bertz CT molecular complexity index is 1100. The average Bonchev–Trinajstić information content (AvgIpc) is 2.83. The zero-order chi connectivity index (χ0) is 22.5. The third kappa shape index (κ3) is 5.22. The molecule has 0 unspecified atom stereocenters. The van der Waals surface area contributed by atoms with Gasteiger partial charge < -0.3 is 10.2 Å². The van der Waals surface area contributed by atoms with Crippen molar-refractivity contribution in [3.63, 3.8) is 0 Å². The van der Waals surface area contributed by atoms with Crippen LogP contribution in [0.5, 0.6) is 0 Å². The number of likely N-dealkylation sites (tertiary alicyclic amines) is 1. The summed E-state index contributed by atoms with van der Waals surface area (Å²) >= 11 is 0. The van der Waals surface area contributed by atoms with Crippen LogP contribution in [0.15, 0.2) is 67.0 Å². The molecule has 0 spiro atoms. The predicted molar refractivity (Wildman–Crippen MR) is 126 cm³/mol. The second-order valence-electron chi connectivity index (χ2n) is 8.60. The molecular formula is C27H29N3O2. The Morgan fingerprint density at radius 3 is 2.41 bits per heavy atom. The molecule has 4 rings (SSSR count). The van der Waals surface area contributed by atoms with E-state index in [4.69, 9.17) is 0 Å². The lowest BCUT2D eigenvalue weighted by Crippen LogP contribution is -2.43. The predicted octanol–water partition coefficient (Wildman–Crippen LogP) is 4.53. The van der Waals surface area contributed by atoms with Gasteiger partial charge in [0, 0.05) is 43.5 Å². The molecule has 1 N–H and O–H groups in total. The Balaban J connectivity index is 1.33. The number of carbonyl (C=O) groups is 2. The number of aryl methyl sites for hydroxylation is 2. The molecule has 3 aromatic rings. The normalized spacial score (nSPS) is 14.2. The van der Waals surface area contributed by atoms with Crippen LogP contribution >= 0.6 is 0 Å². The summed E-state index contributed by atoms with van der Waals surface area (Å²) in [5, 5.41) is 3.04. The zero-order valence-electron chi connectivity index (χ0n) is 18.7. The van der Waals surface area contributed by atoms with Gasteiger partial charge in [-0.1, -0.05) is 59.7 Å². The van der Waals surface area contributed by atoms with E-state index >= 15 is 0 Å². The summed E-state index contributed by atoms with van der Waals surface area (Å²) in [6, 6.07) is 18.3. The SMILES string of the molecule is Cc1ccc(CNC(=O)C2CCN(C(=O)c3cncc(-c4cccc(C)c4)c3)CC2)cc1. The maximum Gasteiger partial charge on any atom is 0.255 e. The average molecular weight is 428 g/mol. The molecule has 1 saturated heterocycles. The number of rotatable bonds is 5. The Morgan fingerprint density at radius 2 is 1.69 bits per heavy atom. The lowest BCUT2D eigenvalue weighted by Gasteiger charge is -2.31. The molecule has 1 aliphatic rings. The van der Waals surface area contributed by atoms with E-state index in [0.29, 0.717) is 38.0 Å². The van der Waals surface area contributed by atoms with E-state index in [1.807, 2.05) is 67.3 Å². The summed E-state index contributed by atoms with van der Waals surface area (Å²) in [4.78, 5) is 31.8. The van der Waals surface area contributed by atoms with E-state index in [1.54, 1.807) is 12.4 Å². The lowest BCUT2D eigenvalue weighted by atomic mass is 9.95. The standard InChI is InChI=1S/C27H29N3O2/c1-19-6-8-21(9-7-19)16-29-26(31)22-10-12-30(13-11-22)27(32)25-15-24(17-28-18-25)23-5-3-4-20(2)14-23/h3-9,14-15,17-18,22H,10-13,16H2,1-2H3,(H,29,31). The third-order valence-electron chi connectivity index (χ3n) is 6.08. The molecule has 1 aromatic heterocycles. The molecule has 1 fully saturated rings. The highest BCUT2D eigenvalue weighted by Gasteiger charge is 2.28. The Kier molecular flexibility index (Phi) is 6.64. The molecule has 2 aromatic carbocycles. The van der Waals surface area contributed by atoms with Crippen LogP contribution in [0.3, 0.4) is 0 Å². The first-order chi connectivity index (χ1) is 15.5. The summed E-state index contributed by atoms with van der Waals surface area (Å²) in [5.74, 6) is -0.00689. The molecule has 32 heavy (non-hydrogen) atoms. The molecule has 0 atom stereocenters. The van der Waals surface area contributed by atoms with Crippen LogP contribution in [0.1, 0.15) is 39.9 Å². The highest BCUT2D eigenvalue weighted by atomic mass is 16.2. The molecule has 2 heterocycles. The maximum atomic E-state index is 13.1. The van der Waals surface area contributed by atoms with E-state index in [9.17, 15) is 9.59 Å². The van der Waals surface area contributed by atoms with Crippen molar-refractivity contribution in [1.82, 2.24) is 15.2 Å². The minimum Gasteiger partial charge on any atom is -0.352 e. The molecule has 5 nitrogen and oxygen atoms in total. The fourth-order valence-corrected chi connectivity index (χ4v) is 4.11.